The smallest absolute Gasteiger partial charge is 0.331 e. The fourth-order valence-electron chi connectivity index (χ4n) is 2.60. The summed E-state index contributed by atoms with van der Waals surface area (Å²) >= 11 is 6.40. The zero-order valence-corrected chi connectivity index (χ0v) is 16.5. The molecule has 6 nitrogen and oxygen atoms in total. The van der Waals surface area contributed by atoms with Crippen LogP contribution in [0.1, 0.15) is 37.9 Å². The highest BCUT2D eigenvalue weighted by Gasteiger charge is 2.13. The van der Waals surface area contributed by atoms with E-state index < -0.39 is 5.97 Å². The number of carbonyl (C=O) groups excluding carboxylic acids is 2. The maximum absolute atomic E-state index is 11.9. The van der Waals surface area contributed by atoms with Gasteiger partial charge in [0.1, 0.15) is 5.15 Å². The summed E-state index contributed by atoms with van der Waals surface area (Å²) in [5.41, 5.74) is 2.13. The van der Waals surface area contributed by atoms with Crippen molar-refractivity contribution in [3.8, 4) is 5.69 Å². The number of halogens is 1. The molecule has 0 fully saturated rings. The van der Waals surface area contributed by atoms with Crippen molar-refractivity contribution in [2.45, 2.75) is 39.7 Å². The number of hydrogen-bond acceptors (Lipinski definition) is 4. The zero-order chi connectivity index (χ0) is 19.8. The van der Waals surface area contributed by atoms with Crippen LogP contribution in [0.4, 0.5) is 0 Å². The Hall–Kier alpha value is -2.60. The average molecular weight is 390 g/mol. The third kappa shape index (κ3) is 5.96. The third-order valence-corrected chi connectivity index (χ3v) is 4.27. The zero-order valence-electron chi connectivity index (χ0n) is 15.7. The molecule has 1 aromatic heterocycles. The molecule has 0 saturated heterocycles. The van der Waals surface area contributed by atoms with Gasteiger partial charge in [-0.15, -0.1) is 0 Å². The minimum absolute atomic E-state index is 0.0574. The summed E-state index contributed by atoms with van der Waals surface area (Å²) in [6.07, 6.45) is 4.64. The highest BCUT2D eigenvalue weighted by Crippen LogP contribution is 2.24. The molecule has 1 atom stereocenters. The molecule has 2 aromatic rings. The van der Waals surface area contributed by atoms with Crippen molar-refractivity contribution in [3.63, 3.8) is 0 Å². The lowest BCUT2D eigenvalue weighted by Crippen LogP contribution is -2.35. The molecule has 1 heterocycles. The number of rotatable bonds is 8. The second kappa shape index (κ2) is 9.92. The number of esters is 1. The molecule has 0 bridgehead atoms. The Morgan fingerprint density at radius 3 is 2.70 bits per heavy atom. The SMILES string of the molecule is CCCC(C)NC(=O)COC(=O)/C=C/c1c(C)nn(-c2ccccc2)c1Cl. The van der Waals surface area contributed by atoms with E-state index in [2.05, 4.69) is 10.4 Å². The maximum atomic E-state index is 11.9. The summed E-state index contributed by atoms with van der Waals surface area (Å²) in [7, 11) is 0. The van der Waals surface area contributed by atoms with Crippen LogP contribution in [0.5, 0.6) is 0 Å². The Morgan fingerprint density at radius 2 is 2.04 bits per heavy atom. The van der Waals surface area contributed by atoms with E-state index in [0.29, 0.717) is 16.4 Å². The van der Waals surface area contributed by atoms with Crippen LogP contribution < -0.4 is 5.32 Å². The van der Waals surface area contributed by atoms with Gasteiger partial charge in [0.15, 0.2) is 6.61 Å². The third-order valence-electron chi connectivity index (χ3n) is 3.91. The highest BCUT2D eigenvalue weighted by molar-refractivity contribution is 6.31. The van der Waals surface area contributed by atoms with Gasteiger partial charge in [-0.3, -0.25) is 4.79 Å². The predicted molar refractivity (Wildman–Crippen MR) is 106 cm³/mol. The molecular formula is C20H24ClN3O3. The number of hydrogen-bond donors (Lipinski definition) is 1. The first-order chi connectivity index (χ1) is 12.9. The molecule has 1 amide bonds. The number of ether oxygens (including phenoxy) is 1. The first-order valence-electron chi connectivity index (χ1n) is 8.87. The van der Waals surface area contributed by atoms with Crippen LogP contribution >= 0.6 is 11.6 Å². The van der Waals surface area contributed by atoms with E-state index in [4.69, 9.17) is 16.3 Å². The summed E-state index contributed by atoms with van der Waals surface area (Å²) in [6, 6.07) is 9.52. The monoisotopic (exact) mass is 389 g/mol. The van der Waals surface area contributed by atoms with E-state index in [0.717, 1.165) is 18.5 Å². The van der Waals surface area contributed by atoms with Gasteiger partial charge < -0.3 is 10.1 Å². The van der Waals surface area contributed by atoms with E-state index in [1.54, 1.807) is 17.7 Å². The fraction of sp³-hybridized carbons (Fsp3) is 0.350. The number of nitrogens with one attached hydrogen (secondary N) is 1. The summed E-state index contributed by atoms with van der Waals surface area (Å²) in [5.74, 6) is -0.931. The lowest BCUT2D eigenvalue weighted by molar-refractivity contribution is -0.144. The van der Waals surface area contributed by atoms with Crippen LogP contribution in [0.3, 0.4) is 0 Å². The number of benzene rings is 1. The second-order valence-electron chi connectivity index (χ2n) is 6.24. The van der Waals surface area contributed by atoms with Crippen molar-refractivity contribution in [2.75, 3.05) is 6.61 Å². The average Bonchev–Trinajstić information content (AvgIpc) is 2.93. The van der Waals surface area contributed by atoms with Gasteiger partial charge in [-0.05, 0) is 38.5 Å². The van der Waals surface area contributed by atoms with Crippen LogP contribution in [0.15, 0.2) is 36.4 Å². The Labute approximate surface area is 164 Å². The van der Waals surface area contributed by atoms with Crippen molar-refractivity contribution in [1.82, 2.24) is 15.1 Å². The minimum atomic E-state index is -0.615. The van der Waals surface area contributed by atoms with Crippen molar-refractivity contribution >= 4 is 29.6 Å². The molecule has 0 aliphatic carbocycles. The van der Waals surface area contributed by atoms with Crippen molar-refractivity contribution in [1.29, 1.82) is 0 Å². The quantitative estimate of drug-likeness (QED) is 0.552. The summed E-state index contributed by atoms with van der Waals surface area (Å²) in [5, 5.41) is 7.57. The number of aromatic nitrogens is 2. The second-order valence-corrected chi connectivity index (χ2v) is 6.59. The molecule has 0 radical (unpaired) electrons. The van der Waals surface area contributed by atoms with Gasteiger partial charge in [-0.1, -0.05) is 43.1 Å². The summed E-state index contributed by atoms with van der Waals surface area (Å²) in [6.45, 7) is 5.45. The van der Waals surface area contributed by atoms with Crippen molar-refractivity contribution in [2.24, 2.45) is 0 Å². The minimum Gasteiger partial charge on any atom is -0.452 e. The highest BCUT2D eigenvalue weighted by atomic mass is 35.5. The molecule has 27 heavy (non-hydrogen) atoms. The van der Waals surface area contributed by atoms with Gasteiger partial charge in [-0.2, -0.15) is 5.10 Å². The molecule has 1 N–H and O–H groups in total. The number of carbonyl (C=O) groups is 2. The lowest BCUT2D eigenvalue weighted by Gasteiger charge is -2.12. The molecule has 0 aliphatic rings. The molecule has 7 heteroatoms. The lowest BCUT2D eigenvalue weighted by atomic mass is 10.2. The van der Waals surface area contributed by atoms with E-state index in [1.807, 2.05) is 44.2 Å². The van der Waals surface area contributed by atoms with Gasteiger partial charge in [0.2, 0.25) is 0 Å². The Morgan fingerprint density at radius 1 is 1.33 bits per heavy atom. The molecule has 2 rings (SSSR count). The molecule has 0 saturated carbocycles. The van der Waals surface area contributed by atoms with E-state index in [1.165, 1.54) is 6.08 Å². The number of amides is 1. The Balaban J connectivity index is 1.97. The van der Waals surface area contributed by atoms with E-state index in [9.17, 15) is 9.59 Å². The Kier molecular flexibility index (Phi) is 7.61. The summed E-state index contributed by atoms with van der Waals surface area (Å²) < 4.78 is 6.57. The maximum Gasteiger partial charge on any atom is 0.331 e. The standard InChI is InChI=1S/C20H24ClN3O3/c1-4-8-14(2)22-18(25)13-27-19(26)12-11-17-15(3)23-24(20(17)21)16-9-6-5-7-10-16/h5-7,9-12,14H,4,8,13H2,1-3H3,(H,22,25)/b12-11+. The molecule has 1 unspecified atom stereocenters. The number of aryl methyl sites for hydroxylation is 1. The molecule has 0 spiro atoms. The molecular weight excluding hydrogens is 366 g/mol. The van der Waals surface area contributed by atoms with Gasteiger partial charge in [0.05, 0.1) is 11.4 Å². The predicted octanol–water partition coefficient (Wildman–Crippen LogP) is 3.70. The van der Waals surface area contributed by atoms with Gasteiger partial charge in [0.25, 0.3) is 5.91 Å². The van der Waals surface area contributed by atoms with E-state index in [-0.39, 0.29) is 18.6 Å². The topological polar surface area (TPSA) is 73.2 Å². The van der Waals surface area contributed by atoms with Crippen LogP contribution in [-0.2, 0) is 14.3 Å². The summed E-state index contributed by atoms with van der Waals surface area (Å²) in [4.78, 5) is 23.6. The largest absolute Gasteiger partial charge is 0.452 e. The first-order valence-corrected chi connectivity index (χ1v) is 9.25. The molecule has 1 aromatic carbocycles. The van der Waals surface area contributed by atoms with Gasteiger partial charge >= 0.3 is 5.97 Å². The van der Waals surface area contributed by atoms with Crippen molar-refractivity contribution < 1.29 is 14.3 Å². The van der Waals surface area contributed by atoms with Crippen LogP contribution in [0.25, 0.3) is 11.8 Å². The molecule has 144 valence electrons. The van der Waals surface area contributed by atoms with Gasteiger partial charge in [-0.25, -0.2) is 9.48 Å². The normalized spacial score (nSPS) is 12.1. The van der Waals surface area contributed by atoms with E-state index >= 15 is 0 Å². The van der Waals surface area contributed by atoms with Crippen LogP contribution in [-0.4, -0.2) is 34.3 Å². The Bertz CT molecular complexity index is 815. The fourth-order valence-corrected chi connectivity index (χ4v) is 2.93. The van der Waals surface area contributed by atoms with Crippen LogP contribution in [0, 0.1) is 6.92 Å². The van der Waals surface area contributed by atoms with Crippen LogP contribution in [0.2, 0.25) is 5.15 Å². The first kappa shape index (κ1) is 20.7. The molecule has 0 aliphatic heterocycles. The van der Waals surface area contributed by atoms with Crippen molar-refractivity contribution in [3.05, 3.63) is 52.8 Å². The number of para-hydroxylation sites is 1. The van der Waals surface area contributed by atoms with Gasteiger partial charge in [0, 0.05) is 17.7 Å². The number of nitrogens with zero attached hydrogens (tertiary/aromatic N) is 2.